The zero-order valence-corrected chi connectivity index (χ0v) is 11.1. The van der Waals surface area contributed by atoms with Crippen LogP contribution < -0.4 is 10.6 Å². The molecule has 0 bridgehead atoms. The van der Waals surface area contributed by atoms with E-state index in [1.807, 2.05) is 6.07 Å². The van der Waals surface area contributed by atoms with E-state index < -0.39 is 0 Å². The van der Waals surface area contributed by atoms with Gasteiger partial charge in [0.25, 0.3) is 0 Å². The Kier molecular flexibility index (Phi) is 4.11. The van der Waals surface area contributed by atoms with Crippen molar-refractivity contribution in [1.82, 2.24) is 4.98 Å². The van der Waals surface area contributed by atoms with Crippen LogP contribution in [0.3, 0.4) is 0 Å². The third kappa shape index (κ3) is 3.03. The number of rotatable bonds is 3. The molecule has 2 heterocycles. The van der Waals surface area contributed by atoms with Crippen molar-refractivity contribution >= 4 is 23.1 Å². The van der Waals surface area contributed by atoms with Crippen LogP contribution in [0.4, 0.5) is 11.5 Å². The summed E-state index contributed by atoms with van der Waals surface area (Å²) >= 11 is 5.92. The smallest absolute Gasteiger partial charge is 0.153 e. The summed E-state index contributed by atoms with van der Waals surface area (Å²) in [5, 5.41) is 0.518. The summed E-state index contributed by atoms with van der Waals surface area (Å²) in [7, 11) is 0. The highest BCUT2D eigenvalue weighted by Crippen LogP contribution is 2.29. The standard InChI is InChI=1S/C13H20ClN3/c1-2-3-10-6-8-17(9-7-10)13-11(15)4-5-12(14)16-13/h4-5,10H,2-3,6-9,15H2,1H3. The summed E-state index contributed by atoms with van der Waals surface area (Å²) in [6.07, 6.45) is 5.09. The second kappa shape index (κ2) is 5.58. The number of nitrogen functional groups attached to an aromatic ring is 1. The zero-order chi connectivity index (χ0) is 12.3. The maximum Gasteiger partial charge on any atom is 0.153 e. The Balaban J connectivity index is 2.02. The molecule has 1 aliphatic heterocycles. The van der Waals surface area contributed by atoms with E-state index in [9.17, 15) is 0 Å². The number of hydrogen-bond donors (Lipinski definition) is 1. The van der Waals surface area contributed by atoms with Gasteiger partial charge in [0.1, 0.15) is 5.15 Å². The fraction of sp³-hybridized carbons (Fsp3) is 0.615. The minimum absolute atomic E-state index is 0.518. The monoisotopic (exact) mass is 253 g/mol. The maximum absolute atomic E-state index is 5.95. The summed E-state index contributed by atoms with van der Waals surface area (Å²) in [6, 6.07) is 3.58. The van der Waals surface area contributed by atoms with Crippen LogP contribution in [0.2, 0.25) is 5.15 Å². The van der Waals surface area contributed by atoms with Crippen LogP contribution in [-0.4, -0.2) is 18.1 Å². The lowest BCUT2D eigenvalue weighted by Gasteiger charge is -2.33. The number of pyridine rings is 1. The van der Waals surface area contributed by atoms with E-state index in [4.69, 9.17) is 17.3 Å². The highest BCUT2D eigenvalue weighted by molar-refractivity contribution is 6.29. The Hall–Kier alpha value is -0.960. The Morgan fingerprint density at radius 1 is 1.41 bits per heavy atom. The third-order valence-corrected chi connectivity index (χ3v) is 3.69. The quantitative estimate of drug-likeness (QED) is 0.841. The van der Waals surface area contributed by atoms with E-state index in [0.29, 0.717) is 5.15 Å². The van der Waals surface area contributed by atoms with Crippen molar-refractivity contribution in [2.45, 2.75) is 32.6 Å². The normalized spacial score (nSPS) is 17.4. The molecule has 1 saturated heterocycles. The average Bonchev–Trinajstić information content (AvgIpc) is 2.34. The highest BCUT2D eigenvalue weighted by atomic mass is 35.5. The van der Waals surface area contributed by atoms with Crippen LogP contribution >= 0.6 is 11.6 Å². The van der Waals surface area contributed by atoms with Gasteiger partial charge in [-0.15, -0.1) is 0 Å². The molecule has 3 nitrogen and oxygen atoms in total. The molecular formula is C13H20ClN3. The van der Waals surface area contributed by atoms with E-state index in [-0.39, 0.29) is 0 Å². The van der Waals surface area contributed by atoms with E-state index in [2.05, 4.69) is 16.8 Å². The van der Waals surface area contributed by atoms with Crippen molar-refractivity contribution < 1.29 is 0 Å². The maximum atomic E-state index is 5.95. The lowest BCUT2D eigenvalue weighted by atomic mass is 9.92. The predicted octanol–water partition coefficient (Wildman–Crippen LogP) is 3.33. The molecule has 0 atom stereocenters. The van der Waals surface area contributed by atoms with Crippen molar-refractivity contribution in [3.8, 4) is 0 Å². The first-order valence-electron chi connectivity index (χ1n) is 6.37. The SMILES string of the molecule is CCCC1CCN(c2nc(Cl)ccc2N)CC1. The van der Waals surface area contributed by atoms with Crippen LogP contribution in [-0.2, 0) is 0 Å². The average molecular weight is 254 g/mol. The summed E-state index contributed by atoms with van der Waals surface area (Å²) < 4.78 is 0. The molecule has 2 N–H and O–H groups in total. The van der Waals surface area contributed by atoms with Gasteiger partial charge >= 0.3 is 0 Å². The van der Waals surface area contributed by atoms with E-state index in [0.717, 1.165) is 30.5 Å². The molecular weight excluding hydrogens is 234 g/mol. The second-order valence-corrected chi connectivity index (χ2v) is 5.15. The number of anilines is 2. The van der Waals surface area contributed by atoms with Gasteiger partial charge in [-0.2, -0.15) is 0 Å². The van der Waals surface area contributed by atoms with Crippen molar-refractivity contribution in [2.24, 2.45) is 5.92 Å². The number of nitrogens with two attached hydrogens (primary N) is 1. The van der Waals surface area contributed by atoms with E-state index in [1.54, 1.807) is 6.07 Å². The largest absolute Gasteiger partial charge is 0.396 e. The van der Waals surface area contributed by atoms with E-state index >= 15 is 0 Å². The molecule has 4 heteroatoms. The number of halogens is 1. The molecule has 1 aliphatic rings. The van der Waals surface area contributed by atoms with Crippen LogP contribution in [0.5, 0.6) is 0 Å². The zero-order valence-electron chi connectivity index (χ0n) is 10.3. The third-order valence-electron chi connectivity index (χ3n) is 3.48. The Morgan fingerprint density at radius 3 is 2.76 bits per heavy atom. The second-order valence-electron chi connectivity index (χ2n) is 4.77. The van der Waals surface area contributed by atoms with Gasteiger partial charge in [0.15, 0.2) is 5.82 Å². The Morgan fingerprint density at radius 2 is 2.12 bits per heavy atom. The van der Waals surface area contributed by atoms with Gasteiger partial charge in [-0.25, -0.2) is 4.98 Å². The van der Waals surface area contributed by atoms with E-state index in [1.165, 1.54) is 25.7 Å². The lowest BCUT2D eigenvalue weighted by Crippen LogP contribution is -2.34. The first-order valence-corrected chi connectivity index (χ1v) is 6.75. The van der Waals surface area contributed by atoms with Gasteiger partial charge in [-0.1, -0.05) is 31.4 Å². The minimum atomic E-state index is 0.518. The van der Waals surface area contributed by atoms with Gasteiger partial charge in [-0.3, -0.25) is 0 Å². The molecule has 0 aromatic carbocycles. The van der Waals surface area contributed by atoms with Crippen molar-refractivity contribution in [3.63, 3.8) is 0 Å². The predicted molar refractivity (Wildman–Crippen MR) is 73.5 cm³/mol. The van der Waals surface area contributed by atoms with Crippen molar-refractivity contribution in [1.29, 1.82) is 0 Å². The molecule has 1 aromatic rings. The Labute approximate surface area is 108 Å². The first kappa shape index (κ1) is 12.5. The minimum Gasteiger partial charge on any atom is -0.396 e. The molecule has 2 rings (SSSR count). The molecule has 1 aromatic heterocycles. The summed E-state index contributed by atoms with van der Waals surface area (Å²) in [4.78, 5) is 6.59. The highest BCUT2D eigenvalue weighted by Gasteiger charge is 2.20. The fourth-order valence-corrected chi connectivity index (χ4v) is 2.67. The molecule has 0 aliphatic carbocycles. The molecule has 17 heavy (non-hydrogen) atoms. The fourth-order valence-electron chi connectivity index (χ4n) is 2.53. The number of hydrogen-bond acceptors (Lipinski definition) is 3. The van der Waals surface area contributed by atoms with Crippen LogP contribution in [0.25, 0.3) is 0 Å². The number of nitrogens with zero attached hydrogens (tertiary/aromatic N) is 2. The topological polar surface area (TPSA) is 42.2 Å². The van der Waals surface area contributed by atoms with Gasteiger partial charge in [0.2, 0.25) is 0 Å². The molecule has 0 spiro atoms. The molecule has 1 fully saturated rings. The van der Waals surface area contributed by atoms with Crippen molar-refractivity contribution in [2.75, 3.05) is 23.7 Å². The molecule has 0 radical (unpaired) electrons. The number of aromatic nitrogens is 1. The van der Waals surface area contributed by atoms with Gasteiger partial charge in [-0.05, 0) is 30.9 Å². The van der Waals surface area contributed by atoms with Gasteiger partial charge in [0, 0.05) is 13.1 Å². The first-order chi connectivity index (χ1) is 8.20. The van der Waals surface area contributed by atoms with Crippen molar-refractivity contribution in [3.05, 3.63) is 17.3 Å². The summed E-state index contributed by atoms with van der Waals surface area (Å²) in [5.74, 6) is 1.73. The van der Waals surface area contributed by atoms with Crippen LogP contribution in [0.1, 0.15) is 32.6 Å². The Bertz CT molecular complexity index is 373. The molecule has 0 unspecified atom stereocenters. The molecule has 0 saturated carbocycles. The molecule has 94 valence electrons. The number of piperidine rings is 1. The lowest BCUT2D eigenvalue weighted by molar-refractivity contribution is 0.377. The molecule has 0 amide bonds. The van der Waals surface area contributed by atoms with Crippen LogP contribution in [0.15, 0.2) is 12.1 Å². The summed E-state index contributed by atoms with van der Waals surface area (Å²) in [5.41, 5.74) is 6.68. The van der Waals surface area contributed by atoms with Gasteiger partial charge < -0.3 is 10.6 Å². The van der Waals surface area contributed by atoms with Gasteiger partial charge in [0.05, 0.1) is 5.69 Å². The summed E-state index contributed by atoms with van der Waals surface area (Å²) in [6.45, 7) is 4.34. The van der Waals surface area contributed by atoms with Crippen LogP contribution in [0, 0.1) is 5.92 Å².